The maximum Gasteiger partial charge on any atom is 0.339 e. The van der Waals surface area contributed by atoms with Gasteiger partial charge in [0, 0.05) is 5.02 Å². The topological polar surface area (TPSA) is 43.4 Å². The Morgan fingerprint density at radius 2 is 1.27 bits per heavy atom. The third-order valence-electron chi connectivity index (χ3n) is 3.68. The van der Waals surface area contributed by atoms with Crippen molar-refractivity contribution in [2.75, 3.05) is 0 Å². The summed E-state index contributed by atoms with van der Waals surface area (Å²) in [6.45, 7) is 9.23. The highest BCUT2D eigenvalue weighted by Gasteiger charge is 2.21. The van der Waals surface area contributed by atoms with E-state index in [1.165, 1.54) is 0 Å². The molecule has 0 unspecified atom stereocenters. The molecule has 2 rings (SSSR count). The Balaban J connectivity index is 2.47. The average molecular weight is 339 g/mol. The molecule has 0 N–H and O–H groups in total. The van der Waals surface area contributed by atoms with Crippen LogP contribution in [0.2, 0.25) is 5.02 Å². The maximum atomic E-state index is 12.5. The van der Waals surface area contributed by atoms with E-state index in [1.807, 2.05) is 33.8 Å². The Hall–Kier alpha value is -1.52. The van der Waals surface area contributed by atoms with E-state index in [4.69, 9.17) is 15.8 Å². The molecule has 0 aliphatic rings. The average Bonchev–Trinajstić information content (AvgIpc) is 2.39. The van der Waals surface area contributed by atoms with E-state index in [0.717, 1.165) is 22.3 Å². The number of halogens is 1. The van der Waals surface area contributed by atoms with Crippen LogP contribution in [0.5, 0.6) is 5.75 Å². The molecule has 0 saturated carbocycles. The first-order valence-electron chi connectivity index (χ1n) is 6.91. The SMILES string of the molecule is Cc1cc(C)c(S(=O)(=O)Oc2cc(C)c(Cl)c(C)c2)cc1C. The molecule has 0 aliphatic carbocycles. The predicted molar refractivity (Wildman–Crippen MR) is 89.4 cm³/mol. The van der Waals surface area contributed by atoms with Crippen molar-refractivity contribution in [3.05, 3.63) is 57.1 Å². The van der Waals surface area contributed by atoms with Gasteiger partial charge in [-0.15, -0.1) is 0 Å². The summed E-state index contributed by atoms with van der Waals surface area (Å²) >= 11 is 6.10. The molecule has 0 aliphatic heterocycles. The third kappa shape index (κ3) is 3.28. The number of aryl methyl sites for hydroxylation is 5. The van der Waals surface area contributed by atoms with Gasteiger partial charge in [-0.1, -0.05) is 17.7 Å². The molecule has 5 heteroatoms. The molecule has 0 fully saturated rings. The summed E-state index contributed by atoms with van der Waals surface area (Å²) in [5.74, 6) is 0.275. The number of benzene rings is 2. The van der Waals surface area contributed by atoms with Gasteiger partial charge in [-0.2, -0.15) is 8.42 Å². The highest BCUT2D eigenvalue weighted by molar-refractivity contribution is 7.87. The highest BCUT2D eigenvalue weighted by Crippen LogP contribution is 2.29. The van der Waals surface area contributed by atoms with Crippen molar-refractivity contribution in [1.82, 2.24) is 0 Å². The zero-order valence-corrected chi connectivity index (χ0v) is 14.9. The lowest BCUT2D eigenvalue weighted by Gasteiger charge is -2.13. The lowest BCUT2D eigenvalue weighted by Crippen LogP contribution is -2.12. The molecule has 0 radical (unpaired) electrons. The fourth-order valence-electron chi connectivity index (χ4n) is 2.33. The van der Waals surface area contributed by atoms with Crippen LogP contribution in [0.25, 0.3) is 0 Å². The van der Waals surface area contributed by atoms with Gasteiger partial charge in [0.25, 0.3) is 0 Å². The normalized spacial score (nSPS) is 11.5. The van der Waals surface area contributed by atoms with E-state index >= 15 is 0 Å². The van der Waals surface area contributed by atoms with Gasteiger partial charge < -0.3 is 4.18 Å². The maximum absolute atomic E-state index is 12.5. The predicted octanol–water partition coefficient (Wildman–Crippen LogP) is 4.65. The molecule has 2 aromatic carbocycles. The Bertz CT molecular complexity index is 816. The van der Waals surface area contributed by atoms with Crippen molar-refractivity contribution in [1.29, 1.82) is 0 Å². The number of hydrogen-bond donors (Lipinski definition) is 0. The van der Waals surface area contributed by atoms with Crippen LogP contribution in [-0.2, 0) is 10.1 Å². The molecular formula is C17H19ClO3S. The van der Waals surface area contributed by atoms with Gasteiger partial charge in [0.15, 0.2) is 0 Å². The van der Waals surface area contributed by atoms with E-state index in [-0.39, 0.29) is 10.6 Å². The van der Waals surface area contributed by atoms with Crippen LogP contribution in [0.1, 0.15) is 27.8 Å². The second-order valence-electron chi connectivity index (χ2n) is 5.61. The van der Waals surface area contributed by atoms with E-state index < -0.39 is 10.1 Å². The third-order valence-corrected chi connectivity index (χ3v) is 5.66. The Labute approximate surface area is 137 Å². The number of hydrogen-bond acceptors (Lipinski definition) is 3. The molecule has 0 amide bonds. The van der Waals surface area contributed by atoms with Crippen molar-refractivity contribution in [3.8, 4) is 5.75 Å². The van der Waals surface area contributed by atoms with Crippen molar-refractivity contribution < 1.29 is 12.6 Å². The highest BCUT2D eigenvalue weighted by atomic mass is 35.5. The van der Waals surface area contributed by atoms with Gasteiger partial charge in [-0.05, 0) is 80.6 Å². The first kappa shape index (κ1) is 16.8. The van der Waals surface area contributed by atoms with Gasteiger partial charge in [-0.25, -0.2) is 0 Å². The minimum atomic E-state index is -3.87. The summed E-state index contributed by atoms with van der Waals surface area (Å²) in [5, 5.41) is 0.618. The van der Waals surface area contributed by atoms with Crippen molar-refractivity contribution in [3.63, 3.8) is 0 Å². The first-order chi connectivity index (χ1) is 10.1. The van der Waals surface area contributed by atoms with Crippen LogP contribution < -0.4 is 4.18 Å². The first-order valence-corrected chi connectivity index (χ1v) is 8.69. The Morgan fingerprint density at radius 1 is 0.773 bits per heavy atom. The summed E-state index contributed by atoms with van der Waals surface area (Å²) in [7, 11) is -3.87. The zero-order chi connectivity index (χ0) is 16.7. The summed E-state index contributed by atoms with van der Waals surface area (Å²) in [6, 6.07) is 6.76. The molecule has 2 aromatic rings. The van der Waals surface area contributed by atoms with Crippen LogP contribution in [0, 0.1) is 34.6 Å². The summed E-state index contributed by atoms with van der Waals surface area (Å²) < 4.78 is 30.4. The van der Waals surface area contributed by atoms with Gasteiger partial charge >= 0.3 is 10.1 Å². The fraction of sp³-hybridized carbons (Fsp3) is 0.294. The molecule has 0 bridgehead atoms. The van der Waals surface area contributed by atoms with Gasteiger partial charge in [0.2, 0.25) is 0 Å². The molecule has 0 atom stereocenters. The fourth-order valence-corrected chi connectivity index (χ4v) is 3.65. The smallest absolute Gasteiger partial charge is 0.339 e. The van der Waals surface area contributed by atoms with Crippen molar-refractivity contribution in [2.45, 2.75) is 39.5 Å². The van der Waals surface area contributed by atoms with Gasteiger partial charge in [0.1, 0.15) is 10.6 Å². The second-order valence-corrected chi connectivity index (χ2v) is 7.50. The summed E-state index contributed by atoms with van der Waals surface area (Å²) in [5.41, 5.74) is 4.20. The van der Waals surface area contributed by atoms with E-state index in [1.54, 1.807) is 25.1 Å². The largest absolute Gasteiger partial charge is 0.379 e. The lowest BCUT2D eigenvalue weighted by molar-refractivity contribution is 0.485. The van der Waals surface area contributed by atoms with Crippen LogP contribution in [0.15, 0.2) is 29.2 Å². The molecule has 0 spiro atoms. The minimum absolute atomic E-state index is 0.195. The van der Waals surface area contributed by atoms with Gasteiger partial charge in [-0.3, -0.25) is 0 Å². The van der Waals surface area contributed by atoms with Crippen LogP contribution >= 0.6 is 11.6 Å². The quantitative estimate of drug-likeness (QED) is 0.765. The van der Waals surface area contributed by atoms with Crippen molar-refractivity contribution in [2.24, 2.45) is 0 Å². The molecule has 22 heavy (non-hydrogen) atoms. The molecular weight excluding hydrogens is 320 g/mol. The monoisotopic (exact) mass is 338 g/mol. The van der Waals surface area contributed by atoms with E-state index in [0.29, 0.717) is 10.6 Å². The Morgan fingerprint density at radius 3 is 1.82 bits per heavy atom. The lowest BCUT2D eigenvalue weighted by atomic mass is 10.1. The van der Waals surface area contributed by atoms with Gasteiger partial charge in [0.05, 0.1) is 0 Å². The van der Waals surface area contributed by atoms with Crippen LogP contribution in [0.4, 0.5) is 0 Å². The van der Waals surface area contributed by atoms with Crippen molar-refractivity contribution >= 4 is 21.7 Å². The molecule has 0 saturated heterocycles. The number of rotatable bonds is 3. The summed E-state index contributed by atoms with van der Waals surface area (Å²) in [4.78, 5) is 0.195. The van der Waals surface area contributed by atoms with E-state index in [9.17, 15) is 8.42 Å². The molecule has 0 aromatic heterocycles. The Kier molecular flexibility index (Phi) is 4.54. The standard InChI is InChI=1S/C17H19ClO3S/c1-10-6-12(3)16(9-11(10)2)22(19,20)21-15-7-13(4)17(18)14(5)8-15/h6-9H,1-5H3. The van der Waals surface area contributed by atoms with Crippen LogP contribution in [-0.4, -0.2) is 8.42 Å². The zero-order valence-electron chi connectivity index (χ0n) is 13.3. The molecule has 0 heterocycles. The molecule has 3 nitrogen and oxygen atoms in total. The second kappa shape index (κ2) is 5.94. The van der Waals surface area contributed by atoms with Crippen LogP contribution in [0.3, 0.4) is 0 Å². The van der Waals surface area contributed by atoms with E-state index in [2.05, 4.69) is 0 Å². The minimum Gasteiger partial charge on any atom is -0.379 e. The summed E-state index contributed by atoms with van der Waals surface area (Å²) in [6.07, 6.45) is 0. The molecule has 118 valence electrons.